The molecule has 0 bridgehead atoms. The van der Waals surface area contributed by atoms with Crippen LogP contribution in [0.25, 0.3) is 0 Å². The van der Waals surface area contributed by atoms with Crippen molar-refractivity contribution in [2.75, 3.05) is 21.8 Å². The fourth-order valence-corrected chi connectivity index (χ4v) is 7.39. The summed E-state index contributed by atoms with van der Waals surface area (Å²) in [5.41, 5.74) is -1.18. The van der Waals surface area contributed by atoms with E-state index in [9.17, 15) is 26.4 Å². The van der Waals surface area contributed by atoms with E-state index in [4.69, 9.17) is 9.47 Å². The molecule has 0 fully saturated rings. The Kier molecular flexibility index (Phi) is 7.76. The second kappa shape index (κ2) is 11.3. The molecule has 0 atom stereocenters. The van der Waals surface area contributed by atoms with Gasteiger partial charge in [0, 0.05) is 0 Å². The van der Waals surface area contributed by atoms with Gasteiger partial charge in [-0.15, -0.1) is 0 Å². The lowest BCUT2D eigenvalue weighted by Gasteiger charge is -2.32. The summed E-state index contributed by atoms with van der Waals surface area (Å²) < 4.78 is 67.9. The summed E-state index contributed by atoms with van der Waals surface area (Å²) in [7, 11) is -9.17. The SMILES string of the molecule is CCOc1ccc(S(=O)(=O)N2C(=O)c3ccccc3N(S(=O)(=O)c3ccc(OCC)cc3)C(=O)c3ccccc32)cc1. The lowest BCUT2D eigenvalue weighted by molar-refractivity contribution is 0.0996. The van der Waals surface area contributed by atoms with Gasteiger partial charge in [0.2, 0.25) is 0 Å². The van der Waals surface area contributed by atoms with Gasteiger partial charge in [0.05, 0.1) is 45.5 Å². The minimum absolute atomic E-state index is 0.224. The van der Waals surface area contributed by atoms with E-state index in [0.717, 1.165) is 0 Å². The molecule has 0 saturated heterocycles. The van der Waals surface area contributed by atoms with E-state index in [2.05, 4.69) is 0 Å². The molecule has 1 heterocycles. The van der Waals surface area contributed by atoms with Gasteiger partial charge in [-0.25, -0.2) is 16.8 Å². The van der Waals surface area contributed by atoms with Crippen LogP contribution in [0.5, 0.6) is 11.5 Å². The second-order valence-corrected chi connectivity index (χ2v) is 12.6. The zero-order valence-electron chi connectivity index (χ0n) is 22.6. The Morgan fingerprint density at radius 2 is 0.857 bits per heavy atom. The number of sulfonamides is 2. The summed E-state index contributed by atoms with van der Waals surface area (Å²) in [6.07, 6.45) is 0. The van der Waals surface area contributed by atoms with E-state index in [1.807, 2.05) is 0 Å². The number of amides is 2. The highest BCUT2D eigenvalue weighted by Gasteiger charge is 2.43. The molecule has 0 saturated carbocycles. The number of anilines is 2. The quantitative estimate of drug-likeness (QED) is 0.278. The van der Waals surface area contributed by atoms with Crippen LogP contribution in [0.3, 0.4) is 0 Å². The van der Waals surface area contributed by atoms with Gasteiger partial charge in [0.15, 0.2) is 0 Å². The Balaban J connectivity index is 1.71. The van der Waals surface area contributed by atoms with Crippen LogP contribution in [0.2, 0.25) is 0 Å². The maximum atomic E-state index is 14.1. The van der Waals surface area contributed by atoms with Crippen molar-refractivity contribution < 1.29 is 35.9 Å². The highest BCUT2D eigenvalue weighted by atomic mass is 32.2. The molecular weight excluding hydrogens is 580 g/mol. The lowest BCUT2D eigenvalue weighted by Crippen LogP contribution is -2.45. The summed E-state index contributed by atoms with van der Waals surface area (Å²) in [5, 5.41) is 0. The number of hydrogen-bond acceptors (Lipinski definition) is 8. The molecule has 2 amide bonds. The number of fused-ring (bicyclic) bond motifs is 2. The predicted octanol–water partition coefficient (Wildman–Crippen LogP) is 4.87. The standard InChI is InChI=1S/C30H26N2O8S2/c1-3-39-21-13-17-23(18-14-21)41(35,36)31-27-11-7-5-9-25(27)30(34)32(28-12-8-6-10-26(28)29(31)33)42(37,38)24-19-15-22(16-20-24)40-4-2/h5-20H,3-4H2,1-2H3. The molecule has 0 spiro atoms. The van der Waals surface area contributed by atoms with Gasteiger partial charge in [-0.05, 0) is 86.6 Å². The van der Waals surface area contributed by atoms with Gasteiger partial charge >= 0.3 is 0 Å². The van der Waals surface area contributed by atoms with Crippen LogP contribution in [0, 0.1) is 0 Å². The molecule has 42 heavy (non-hydrogen) atoms. The summed E-state index contributed by atoms with van der Waals surface area (Å²) >= 11 is 0. The monoisotopic (exact) mass is 606 g/mol. The van der Waals surface area contributed by atoms with Gasteiger partial charge in [0.1, 0.15) is 11.5 Å². The number of nitrogens with zero attached hydrogens (tertiary/aromatic N) is 2. The lowest BCUT2D eigenvalue weighted by atomic mass is 10.1. The maximum absolute atomic E-state index is 14.1. The molecule has 12 heteroatoms. The van der Waals surface area contributed by atoms with E-state index < -0.39 is 31.9 Å². The molecule has 0 aromatic heterocycles. The number of carbonyl (C=O) groups excluding carboxylic acids is 2. The zero-order chi connectivity index (χ0) is 30.1. The largest absolute Gasteiger partial charge is 0.494 e. The predicted molar refractivity (Wildman–Crippen MR) is 156 cm³/mol. The van der Waals surface area contributed by atoms with Crippen molar-refractivity contribution in [1.82, 2.24) is 0 Å². The smallest absolute Gasteiger partial charge is 0.274 e. The Hall–Kier alpha value is -4.68. The summed E-state index contributed by atoms with van der Waals surface area (Å²) in [4.78, 5) is 27.8. The molecular formula is C30H26N2O8S2. The van der Waals surface area contributed by atoms with Gasteiger partial charge in [-0.1, -0.05) is 24.3 Å². The normalized spacial score (nSPS) is 13.6. The summed E-state index contributed by atoms with van der Waals surface area (Å²) in [5.74, 6) is -1.20. The Labute approximate surface area is 243 Å². The molecule has 0 aliphatic carbocycles. The minimum Gasteiger partial charge on any atom is -0.494 e. The highest BCUT2D eigenvalue weighted by Crippen LogP contribution is 2.38. The number of hydrogen-bond donors (Lipinski definition) is 0. The Morgan fingerprint density at radius 1 is 0.524 bits per heavy atom. The third-order valence-electron chi connectivity index (χ3n) is 6.42. The first-order chi connectivity index (χ1) is 20.1. The summed E-state index contributed by atoms with van der Waals surface area (Å²) in [6.45, 7) is 4.32. The van der Waals surface area contributed by atoms with Crippen LogP contribution in [0.15, 0.2) is 107 Å². The van der Waals surface area contributed by atoms with Crippen molar-refractivity contribution in [1.29, 1.82) is 0 Å². The van der Waals surface area contributed by atoms with Crippen LogP contribution < -0.4 is 18.1 Å². The van der Waals surface area contributed by atoms with Crippen LogP contribution in [0.1, 0.15) is 34.6 Å². The van der Waals surface area contributed by atoms with Crippen LogP contribution in [-0.4, -0.2) is 41.9 Å². The van der Waals surface area contributed by atoms with Gasteiger partial charge < -0.3 is 9.47 Å². The average Bonchev–Trinajstić information content (AvgIpc) is 2.98. The van der Waals surface area contributed by atoms with E-state index in [1.165, 1.54) is 97.1 Å². The third-order valence-corrected chi connectivity index (χ3v) is 9.84. The number of ether oxygens (including phenoxy) is 2. The molecule has 1 aliphatic heterocycles. The van der Waals surface area contributed by atoms with Gasteiger partial charge in [-0.3, -0.25) is 9.59 Å². The van der Waals surface area contributed by atoms with E-state index in [-0.39, 0.29) is 32.3 Å². The van der Waals surface area contributed by atoms with Crippen molar-refractivity contribution in [3.8, 4) is 11.5 Å². The van der Waals surface area contributed by atoms with Crippen molar-refractivity contribution in [2.24, 2.45) is 0 Å². The maximum Gasteiger partial charge on any atom is 0.274 e. The number of benzene rings is 4. The van der Waals surface area contributed by atoms with E-state index in [0.29, 0.717) is 33.3 Å². The third kappa shape index (κ3) is 4.99. The molecule has 4 aromatic carbocycles. The molecule has 216 valence electrons. The summed E-state index contributed by atoms with van der Waals surface area (Å²) in [6, 6.07) is 22.0. The van der Waals surface area contributed by atoms with Crippen molar-refractivity contribution in [2.45, 2.75) is 23.6 Å². The van der Waals surface area contributed by atoms with Crippen molar-refractivity contribution in [3.05, 3.63) is 108 Å². The van der Waals surface area contributed by atoms with Gasteiger partial charge in [-0.2, -0.15) is 8.61 Å². The number of carbonyl (C=O) groups is 2. The Morgan fingerprint density at radius 3 is 1.19 bits per heavy atom. The topological polar surface area (TPSA) is 127 Å². The zero-order valence-corrected chi connectivity index (χ0v) is 24.3. The second-order valence-electron chi connectivity index (χ2n) is 8.99. The molecule has 4 aromatic rings. The van der Waals surface area contributed by atoms with Crippen molar-refractivity contribution in [3.63, 3.8) is 0 Å². The molecule has 0 radical (unpaired) electrons. The molecule has 5 rings (SSSR count). The Bertz CT molecular complexity index is 1730. The van der Waals surface area contributed by atoms with Crippen LogP contribution in [0.4, 0.5) is 11.4 Å². The van der Waals surface area contributed by atoms with E-state index >= 15 is 0 Å². The first kappa shape index (κ1) is 28.8. The molecule has 0 unspecified atom stereocenters. The molecule has 1 aliphatic rings. The fraction of sp³-hybridized carbons (Fsp3) is 0.133. The van der Waals surface area contributed by atoms with Crippen LogP contribution in [-0.2, 0) is 20.0 Å². The molecule has 10 nitrogen and oxygen atoms in total. The average molecular weight is 607 g/mol. The fourth-order valence-electron chi connectivity index (χ4n) is 4.54. The first-order valence-corrected chi connectivity index (χ1v) is 15.8. The minimum atomic E-state index is -4.58. The highest BCUT2D eigenvalue weighted by molar-refractivity contribution is 7.94. The first-order valence-electron chi connectivity index (χ1n) is 12.9. The molecule has 0 N–H and O–H groups in total. The van der Waals surface area contributed by atoms with Gasteiger partial charge in [0.25, 0.3) is 31.9 Å². The van der Waals surface area contributed by atoms with Crippen LogP contribution >= 0.6 is 0 Å². The number of para-hydroxylation sites is 2. The van der Waals surface area contributed by atoms with Crippen molar-refractivity contribution >= 4 is 43.2 Å². The van der Waals surface area contributed by atoms with E-state index in [1.54, 1.807) is 13.8 Å². The number of rotatable bonds is 8.